The summed E-state index contributed by atoms with van der Waals surface area (Å²) in [6.07, 6.45) is 0. The third kappa shape index (κ3) is 7.87. The van der Waals surface area contributed by atoms with Crippen molar-refractivity contribution in [1.82, 2.24) is 30.8 Å². The van der Waals surface area contributed by atoms with E-state index in [0.29, 0.717) is 34.9 Å². The molecule has 2 aromatic heterocycles. The number of aryl methyl sites for hydroxylation is 2. The van der Waals surface area contributed by atoms with Crippen molar-refractivity contribution in [2.24, 2.45) is 0 Å². The molecule has 12 nitrogen and oxygen atoms in total. The molecule has 0 unspecified atom stereocenters. The van der Waals surface area contributed by atoms with Crippen LogP contribution in [0.25, 0.3) is 11.1 Å². The van der Waals surface area contributed by atoms with Crippen molar-refractivity contribution in [2.45, 2.75) is 24.2 Å². The largest absolute Gasteiger partial charge is 0.301 e. The number of anilines is 2. The van der Waals surface area contributed by atoms with Gasteiger partial charge in [0.15, 0.2) is 56.9 Å². The highest BCUT2D eigenvalue weighted by Gasteiger charge is 2.34. The SMILES string of the molecule is Cc1cc(=O)[nH]c(SCC(=O)NNc2c(F)c(F)c(-c3c(F)c(F)c(NNC(=O)CSc4nc(C)cc(=O)[nH]4)c(F)c3F)c(F)c2F)n1. The number of aromatic nitrogens is 4. The first-order chi connectivity index (χ1) is 22.6. The van der Waals surface area contributed by atoms with Gasteiger partial charge in [0, 0.05) is 23.5 Å². The minimum absolute atomic E-state index is 0.00521. The van der Waals surface area contributed by atoms with Gasteiger partial charge < -0.3 is 9.97 Å². The maximum Gasteiger partial charge on any atom is 0.251 e. The number of thioether (sulfide) groups is 2. The lowest BCUT2D eigenvalue weighted by Gasteiger charge is -2.17. The summed E-state index contributed by atoms with van der Waals surface area (Å²) in [5.74, 6) is -22.6. The van der Waals surface area contributed by atoms with E-state index in [0.717, 1.165) is 12.1 Å². The van der Waals surface area contributed by atoms with E-state index >= 15 is 0 Å². The molecule has 2 heterocycles. The number of aromatic amines is 2. The van der Waals surface area contributed by atoms with E-state index in [9.17, 15) is 54.3 Å². The van der Waals surface area contributed by atoms with Crippen LogP contribution in [0.15, 0.2) is 32.0 Å². The van der Waals surface area contributed by atoms with Crippen molar-refractivity contribution in [2.75, 3.05) is 22.4 Å². The van der Waals surface area contributed by atoms with Crippen LogP contribution in [0, 0.1) is 60.4 Å². The van der Waals surface area contributed by atoms with Crippen LogP contribution in [0.2, 0.25) is 0 Å². The Morgan fingerprint density at radius 2 is 0.917 bits per heavy atom. The fourth-order valence-corrected chi connectivity index (χ4v) is 5.21. The lowest BCUT2D eigenvalue weighted by molar-refractivity contribution is -0.118. The van der Waals surface area contributed by atoms with E-state index < -0.39 is 103 Å². The van der Waals surface area contributed by atoms with E-state index in [2.05, 4.69) is 19.9 Å². The third-order valence-corrected chi connectivity index (χ3v) is 7.55. The van der Waals surface area contributed by atoms with Gasteiger partial charge >= 0.3 is 0 Å². The predicted molar refractivity (Wildman–Crippen MR) is 156 cm³/mol. The second-order valence-electron chi connectivity index (χ2n) is 9.32. The molecule has 0 bridgehead atoms. The Hall–Kier alpha value is -5.12. The number of amides is 2. The van der Waals surface area contributed by atoms with Gasteiger partial charge in [0.25, 0.3) is 11.1 Å². The molecule has 6 N–H and O–H groups in total. The van der Waals surface area contributed by atoms with E-state index in [-0.39, 0.29) is 10.3 Å². The molecule has 0 aliphatic rings. The maximum atomic E-state index is 14.9. The first kappa shape index (κ1) is 35.7. The first-order valence-corrected chi connectivity index (χ1v) is 14.8. The molecule has 0 radical (unpaired) electrons. The minimum atomic E-state index is -2.51. The smallest absolute Gasteiger partial charge is 0.251 e. The summed E-state index contributed by atoms with van der Waals surface area (Å²) in [5, 5.41) is -0.0104. The van der Waals surface area contributed by atoms with Crippen LogP contribution >= 0.6 is 23.5 Å². The molecular formula is C26H18F8N8O4S2. The van der Waals surface area contributed by atoms with Gasteiger partial charge in [-0.05, 0) is 13.8 Å². The quantitative estimate of drug-likeness (QED) is 0.0441. The molecular weight excluding hydrogens is 704 g/mol. The highest BCUT2D eigenvalue weighted by Crippen LogP contribution is 2.40. The molecule has 254 valence electrons. The third-order valence-electron chi connectivity index (χ3n) is 5.81. The zero-order valence-electron chi connectivity index (χ0n) is 23.9. The van der Waals surface area contributed by atoms with E-state index in [1.54, 1.807) is 21.7 Å². The van der Waals surface area contributed by atoms with E-state index in [4.69, 9.17) is 0 Å². The normalized spacial score (nSPS) is 11.0. The molecule has 0 fully saturated rings. The molecule has 22 heteroatoms. The van der Waals surface area contributed by atoms with Crippen LogP contribution in [0.5, 0.6) is 0 Å². The zero-order valence-corrected chi connectivity index (χ0v) is 25.6. The van der Waals surface area contributed by atoms with Gasteiger partial charge in [-0.15, -0.1) is 0 Å². The molecule has 0 spiro atoms. The summed E-state index contributed by atoms with van der Waals surface area (Å²) in [5.41, 5.74) is -1.60. The van der Waals surface area contributed by atoms with Gasteiger partial charge in [0.1, 0.15) is 11.4 Å². The van der Waals surface area contributed by atoms with Gasteiger partial charge in [-0.2, -0.15) is 0 Å². The fourth-order valence-electron chi connectivity index (χ4n) is 3.77. The monoisotopic (exact) mass is 722 g/mol. The molecule has 0 aliphatic carbocycles. The Morgan fingerprint density at radius 3 is 1.21 bits per heavy atom. The van der Waals surface area contributed by atoms with Crippen LogP contribution in [0.3, 0.4) is 0 Å². The second kappa shape index (κ2) is 14.8. The van der Waals surface area contributed by atoms with Gasteiger partial charge in [-0.25, -0.2) is 45.1 Å². The van der Waals surface area contributed by atoms with Gasteiger partial charge in [0.05, 0.1) is 22.6 Å². The molecule has 4 rings (SSSR count). The highest BCUT2D eigenvalue weighted by atomic mass is 32.2. The zero-order chi connectivity index (χ0) is 35.4. The van der Waals surface area contributed by atoms with E-state index in [1.165, 1.54) is 13.8 Å². The minimum Gasteiger partial charge on any atom is -0.301 e. The van der Waals surface area contributed by atoms with Crippen LogP contribution in [0.4, 0.5) is 46.5 Å². The Morgan fingerprint density at radius 1 is 0.604 bits per heavy atom. The van der Waals surface area contributed by atoms with Crippen molar-refractivity contribution in [3.8, 4) is 11.1 Å². The summed E-state index contributed by atoms with van der Waals surface area (Å²) in [7, 11) is 0. The number of nitrogens with zero attached hydrogens (tertiary/aromatic N) is 2. The summed E-state index contributed by atoms with van der Waals surface area (Å²) in [6.45, 7) is 2.98. The maximum absolute atomic E-state index is 14.9. The standard InChI is InChI=1S/C26H18F8N8O4S2/c1-7-3-9(43)37-25(35-7)47-5-11(45)39-41-23-19(31)15(27)13(16(28)20(23)32)14-17(29)21(33)24(22(34)18(14)30)42-40-12(46)6-48-26-36-8(2)4-10(44)38-26/h3-4,41-42H,5-6H2,1-2H3,(H,39,45)(H,40,46)(H,35,37,43)(H,36,38,44). The summed E-state index contributed by atoms with van der Waals surface area (Å²) < 4.78 is 119. The average molecular weight is 723 g/mol. The Labute approximate surface area is 270 Å². The van der Waals surface area contributed by atoms with Crippen molar-refractivity contribution < 1.29 is 44.7 Å². The number of H-pyrrole nitrogens is 2. The molecule has 48 heavy (non-hydrogen) atoms. The Bertz CT molecular complexity index is 1860. The number of hydrazine groups is 2. The second-order valence-corrected chi connectivity index (χ2v) is 11.2. The number of carbonyl (C=O) groups is 2. The molecule has 0 aliphatic heterocycles. The molecule has 2 aromatic carbocycles. The topological polar surface area (TPSA) is 174 Å². The number of benzene rings is 2. The van der Waals surface area contributed by atoms with Crippen molar-refractivity contribution >= 4 is 46.7 Å². The molecule has 4 aromatic rings. The predicted octanol–water partition coefficient (Wildman–Crippen LogP) is 3.72. The van der Waals surface area contributed by atoms with Crippen LogP contribution < -0.4 is 32.8 Å². The van der Waals surface area contributed by atoms with Gasteiger partial charge in [-0.3, -0.25) is 40.9 Å². The number of hydrogen-bond acceptors (Lipinski definition) is 10. The van der Waals surface area contributed by atoms with Crippen molar-refractivity contribution in [3.63, 3.8) is 0 Å². The number of nitrogens with one attached hydrogen (secondary N) is 6. The average Bonchev–Trinajstić information content (AvgIpc) is 3.01. The summed E-state index contributed by atoms with van der Waals surface area (Å²) >= 11 is 1.34. The molecule has 0 saturated heterocycles. The molecule has 0 atom stereocenters. The number of carbonyl (C=O) groups excluding carboxylic acids is 2. The van der Waals surface area contributed by atoms with Crippen LogP contribution in [-0.2, 0) is 9.59 Å². The highest BCUT2D eigenvalue weighted by molar-refractivity contribution is 8.00. The van der Waals surface area contributed by atoms with E-state index in [1.807, 2.05) is 0 Å². The van der Waals surface area contributed by atoms with Crippen molar-refractivity contribution in [3.05, 3.63) is 90.8 Å². The van der Waals surface area contributed by atoms with Crippen LogP contribution in [-0.4, -0.2) is 43.3 Å². The lowest BCUT2D eigenvalue weighted by atomic mass is 10.00. The van der Waals surface area contributed by atoms with Gasteiger partial charge in [-0.1, -0.05) is 23.5 Å². The summed E-state index contributed by atoms with van der Waals surface area (Å²) in [4.78, 5) is 59.6. The first-order valence-electron chi connectivity index (χ1n) is 12.8. The Balaban J connectivity index is 1.52. The lowest BCUT2D eigenvalue weighted by Crippen LogP contribution is -2.32. The summed E-state index contributed by atoms with van der Waals surface area (Å²) in [6, 6.07) is 2.32. The van der Waals surface area contributed by atoms with Crippen LogP contribution in [0.1, 0.15) is 11.4 Å². The number of rotatable bonds is 11. The molecule has 2 amide bonds. The number of halogens is 8. The Kier molecular flexibility index (Phi) is 11.0. The van der Waals surface area contributed by atoms with Gasteiger partial charge in [0.2, 0.25) is 11.8 Å². The number of hydrogen-bond donors (Lipinski definition) is 6. The van der Waals surface area contributed by atoms with Crippen molar-refractivity contribution in [1.29, 1.82) is 0 Å². The fraction of sp³-hybridized carbons (Fsp3) is 0.154. The molecule has 0 saturated carbocycles.